The first-order chi connectivity index (χ1) is 7.76. The van der Waals surface area contributed by atoms with Crippen molar-refractivity contribution in [3.8, 4) is 0 Å². The standard InChI is InChI=1S/C10H17NO5S/c1-3-17(15,16)5-6(2)11-9(12)7-4-8(7)10(13)14/h6-8H,3-5H2,1-2H3,(H,11,12)(H,13,14). The van der Waals surface area contributed by atoms with Crippen LogP contribution in [0.5, 0.6) is 0 Å². The smallest absolute Gasteiger partial charge is 0.307 e. The van der Waals surface area contributed by atoms with Gasteiger partial charge in [-0.05, 0) is 13.3 Å². The van der Waals surface area contributed by atoms with Gasteiger partial charge >= 0.3 is 5.97 Å². The van der Waals surface area contributed by atoms with Gasteiger partial charge in [0.2, 0.25) is 5.91 Å². The fourth-order valence-corrected chi connectivity index (χ4v) is 2.73. The van der Waals surface area contributed by atoms with Crippen molar-refractivity contribution in [3.05, 3.63) is 0 Å². The molecule has 1 amide bonds. The number of hydrogen-bond acceptors (Lipinski definition) is 4. The van der Waals surface area contributed by atoms with E-state index in [9.17, 15) is 18.0 Å². The highest BCUT2D eigenvalue weighted by Crippen LogP contribution is 2.38. The average Bonchev–Trinajstić information content (AvgIpc) is 2.95. The molecule has 0 aliphatic heterocycles. The van der Waals surface area contributed by atoms with Crippen molar-refractivity contribution in [2.24, 2.45) is 11.8 Å². The quantitative estimate of drug-likeness (QED) is 0.682. The Labute approximate surface area is 100 Å². The molecule has 0 saturated heterocycles. The van der Waals surface area contributed by atoms with Crippen LogP contribution in [0.25, 0.3) is 0 Å². The van der Waals surface area contributed by atoms with Gasteiger partial charge in [-0.25, -0.2) is 8.42 Å². The molecule has 6 nitrogen and oxygen atoms in total. The average molecular weight is 263 g/mol. The summed E-state index contributed by atoms with van der Waals surface area (Å²) in [6, 6.07) is -0.484. The van der Waals surface area contributed by atoms with Crippen LogP contribution < -0.4 is 5.32 Å². The summed E-state index contributed by atoms with van der Waals surface area (Å²) in [4.78, 5) is 22.1. The third-order valence-corrected chi connectivity index (χ3v) is 4.66. The minimum atomic E-state index is -3.13. The van der Waals surface area contributed by atoms with Crippen LogP contribution in [0.1, 0.15) is 20.3 Å². The van der Waals surface area contributed by atoms with Crippen molar-refractivity contribution in [2.45, 2.75) is 26.3 Å². The summed E-state index contributed by atoms with van der Waals surface area (Å²) in [7, 11) is -3.13. The Morgan fingerprint density at radius 2 is 2.00 bits per heavy atom. The SMILES string of the molecule is CCS(=O)(=O)CC(C)NC(=O)C1CC1C(=O)O. The fourth-order valence-electron chi connectivity index (χ4n) is 1.65. The van der Waals surface area contributed by atoms with Gasteiger partial charge in [-0.15, -0.1) is 0 Å². The molecule has 0 bridgehead atoms. The molecule has 1 aliphatic rings. The van der Waals surface area contributed by atoms with Crippen LogP contribution >= 0.6 is 0 Å². The number of hydrogen-bond donors (Lipinski definition) is 2. The van der Waals surface area contributed by atoms with E-state index in [1.165, 1.54) is 0 Å². The number of aliphatic carboxylic acids is 1. The van der Waals surface area contributed by atoms with Crippen molar-refractivity contribution in [1.82, 2.24) is 5.32 Å². The van der Waals surface area contributed by atoms with Crippen LogP contribution in [0.2, 0.25) is 0 Å². The van der Waals surface area contributed by atoms with Crippen molar-refractivity contribution in [3.63, 3.8) is 0 Å². The van der Waals surface area contributed by atoms with Crippen molar-refractivity contribution in [2.75, 3.05) is 11.5 Å². The van der Waals surface area contributed by atoms with E-state index in [4.69, 9.17) is 5.11 Å². The number of carboxylic acids is 1. The summed E-state index contributed by atoms with van der Waals surface area (Å²) in [5.74, 6) is -2.52. The molecule has 0 spiro atoms. The highest BCUT2D eigenvalue weighted by Gasteiger charge is 2.48. The second-order valence-electron chi connectivity index (χ2n) is 4.40. The van der Waals surface area contributed by atoms with Crippen LogP contribution in [0, 0.1) is 11.8 Å². The Hall–Kier alpha value is -1.11. The van der Waals surface area contributed by atoms with Crippen LogP contribution in [0.4, 0.5) is 0 Å². The number of rotatable bonds is 6. The molecular formula is C10H17NO5S. The molecule has 17 heavy (non-hydrogen) atoms. The van der Waals surface area contributed by atoms with E-state index in [1.54, 1.807) is 13.8 Å². The van der Waals surface area contributed by atoms with E-state index in [0.717, 1.165) is 0 Å². The molecule has 0 radical (unpaired) electrons. The molecule has 98 valence electrons. The van der Waals surface area contributed by atoms with Gasteiger partial charge in [-0.3, -0.25) is 9.59 Å². The van der Waals surface area contributed by atoms with E-state index < -0.39 is 33.7 Å². The summed E-state index contributed by atoms with van der Waals surface area (Å²) >= 11 is 0. The lowest BCUT2D eigenvalue weighted by Gasteiger charge is -2.13. The molecule has 0 aromatic heterocycles. The van der Waals surface area contributed by atoms with Gasteiger partial charge in [0.1, 0.15) is 0 Å². The first kappa shape index (κ1) is 14.0. The summed E-state index contributed by atoms with van der Waals surface area (Å²) in [5.41, 5.74) is 0. The molecule has 1 aliphatic carbocycles. The first-order valence-corrected chi connectivity index (χ1v) is 7.32. The van der Waals surface area contributed by atoms with Gasteiger partial charge in [0.15, 0.2) is 9.84 Å². The molecule has 7 heteroatoms. The maximum Gasteiger partial charge on any atom is 0.307 e. The lowest BCUT2D eigenvalue weighted by Crippen LogP contribution is -2.39. The summed E-state index contributed by atoms with van der Waals surface area (Å²) in [6.07, 6.45) is 0.342. The number of amides is 1. The predicted molar refractivity (Wildman–Crippen MR) is 61.2 cm³/mol. The van der Waals surface area contributed by atoms with E-state index >= 15 is 0 Å². The van der Waals surface area contributed by atoms with Gasteiger partial charge < -0.3 is 10.4 Å². The molecule has 2 N–H and O–H groups in total. The summed E-state index contributed by atoms with van der Waals surface area (Å²) < 4.78 is 22.6. The molecule has 1 saturated carbocycles. The topological polar surface area (TPSA) is 101 Å². The fraction of sp³-hybridized carbons (Fsp3) is 0.800. The molecule has 3 atom stereocenters. The van der Waals surface area contributed by atoms with Gasteiger partial charge in [-0.2, -0.15) is 0 Å². The Morgan fingerprint density at radius 3 is 2.41 bits per heavy atom. The lowest BCUT2D eigenvalue weighted by atomic mass is 10.3. The second-order valence-corrected chi connectivity index (χ2v) is 6.79. The number of carbonyl (C=O) groups is 2. The van der Waals surface area contributed by atoms with E-state index in [0.29, 0.717) is 6.42 Å². The van der Waals surface area contributed by atoms with Crippen molar-refractivity contribution in [1.29, 1.82) is 0 Å². The molecular weight excluding hydrogens is 246 g/mol. The van der Waals surface area contributed by atoms with Crippen molar-refractivity contribution < 1.29 is 23.1 Å². The van der Waals surface area contributed by atoms with Gasteiger partial charge in [0.25, 0.3) is 0 Å². The monoisotopic (exact) mass is 263 g/mol. The van der Waals surface area contributed by atoms with Crippen LogP contribution in [-0.4, -0.2) is 42.9 Å². The predicted octanol–water partition coefficient (Wildman–Crippen LogP) is -0.353. The van der Waals surface area contributed by atoms with Crippen LogP contribution in [0.3, 0.4) is 0 Å². The molecule has 1 fully saturated rings. The normalized spacial score (nSPS) is 25.1. The minimum absolute atomic E-state index is 0.0361. The zero-order valence-electron chi connectivity index (χ0n) is 9.84. The highest BCUT2D eigenvalue weighted by atomic mass is 32.2. The number of carboxylic acid groups (broad SMARTS) is 1. The maximum absolute atomic E-state index is 11.5. The zero-order chi connectivity index (χ0) is 13.2. The van der Waals surface area contributed by atoms with Gasteiger partial charge in [0, 0.05) is 11.8 Å². The lowest BCUT2D eigenvalue weighted by molar-refractivity contribution is -0.140. The van der Waals surface area contributed by atoms with Gasteiger partial charge in [-0.1, -0.05) is 6.92 Å². The Kier molecular flexibility index (Phi) is 4.13. The number of nitrogens with one attached hydrogen (secondary N) is 1. The van der Waals surface area contributed by atoms with Crippen LogP contribution in [-0.2, 0) is 19.4 Å². The maximum atomic E-state index is 11.5. The highest BCUT2D eigenvalue weighted by molar-refractivity contribution is 7.91. The summed E-state index contributed by atoms with van der Waals surface area (Å²) in [5, 5.41) is 11.2. The molecule has 0 aromatic rings. The van der Waals surface area contributed by atoms with E-state index in [2.05, 4.69) is 5.32 Å². The number of sulfone groups is 1. The molecule has 1 rings (SSSR count). The minimum Gasteiger partial charge on any atom is -0.481 e. The summed E-state index contributed by atoms with van der Waals surface area (Å²) in [6.45, 7) is 3.15. The Morgan fingerprint density at radius 1 is 1.41 bits per heavy atom. The molecule has 3 unspecified atom stereocenters. The van der Waals surface area contributed by atoms with Gasteiger partial charge in [0.05, 0.1) is 17.6 Å². The van der Waals surface area contributed by atoms with Crippen molar-refractivity contribution >= 4 is 21.7 Å². The Bertz CT molecular complexity index is 416. The second kappa shape index (κ2) is 5.03. The molecule has 0 aromatic carbocycles. The third kappa shape index (κ3) is 3.99. The van der Waals surface area contributed by atoms with Crippen LogP contribution in [0.15, 0.2) is 0 Å². The molecule has 0 heterocycles. The van der Waals surface area contributed by atoms with E-state index in [1.807, 2.05) is 0 Å². The Balaban J connectivity index is 2.40. The number of carbonyl (C=O) groups excluding carboxylic acids is 1. The zero-order valence-corrected chi connectivity index (χ0v) is 10.7. The largest absolute Gasteiger partial charge is 0.481 e. The third-order valence-electron chi connectivity index (χ3n) is 2.78. The van der Waals surface area contributed by atoms with E-state index in [-0.39, 0.29) is 17.4 Å². The first-order valence-electron chi connectivity index (χ1n) is 5.50.